The SMILES string of the molecule is Cn1c(N2CCOCC2)nn(CC(=O)NCc2ccc(Cl)c(F)c2)c1=O. The summed E-state index contributed by atoms with van der Waals surface area (Å²) in [6, 6.07) is 4.30. The highest BCUT2D eigenvalue weighted by molar-refractivity contribution is 6.30. The van der Waals surface area contributed by atoms with Gasteiger partial charge >= 0.3 is 5.69 Å². The molecular formula is C16H19ClFN5O3. The number of carbonyl (C=O) groups is 1. The van der Waals surface area contributed by atoms with E-state index >= 15 is 0 Å². The summed E-state index contributed by atoms with van der Waals surface area (Å²) in [6.07, 6.45) is 0. The summed E-state index contributed by atoms with van der Waals surface area (Å²) in [4.78, 5) is 26.3. The lowest BCUT2D eigenvalue weighted by molar-refractivity contribution is -0.122. The summed E-state index contributed by atoms with van der Waals surface area (Å²) in [5, 5.41) is 6.92. The van der Waals surface area contributed by atoms with E-state index in [2.05, 4.69) is 10.4 Å². The summed E-state index contributed by atoms with van der Waals surface area (Å²) in [5.74, 6) is -0.436. The zero-order chi connectivity index (χ0) is 18.7. The number of nitrogens with one attached hydrogen (secondary N) is 1. The molecule has 0 bridgehead atoms. The molecule has 26 heavy (non-hydrogen) atoms. The molecule has 1 amide bonds. The fraction of sp³-hybridized carbons (Fsp3) is 0.438. The first-order valence-electron chi connectivity index (χ1n) is 8.13. The lowest BCUT2D eigenvalue weighted by Crippen LogP contribution is -2.38. The summed E-state index contributed by atoms with van der Waals surface area (Å²) >= 11 is 5.63. The molecule has 0 radical (unpaired) electrons. The van der Waals surface area contributed by atoms with Gasteiger partial charge in [-0.3, -0.25) is 9.36 Å². The monoisotopic (exact) mass is 383 g/mol. The van der Waals surface area contributed by atoms with Gasteiger partial charge in [0.1, 0.15) is 12.4 Å². The second-order valence-corrected chi connectivity index (χ2v) is 6.33. The highest BCUT2D eigenvalue weighted by atomic mass is 35.5. The molecule has 140 valence electrons. The van der Waals surface area contributed by atoms with Gasteiger partial charge < -0.3 is 15.0 Å². The minimum Gasteiger partial charge on any atom is -0.378 e. The zero-order valence-corrected chi connectivity index (χ0v) is 15.0. The second kappa shape index (κ2) is 7.88. The standard InChI is InChI=1S/C16H19ClFN5O3/c1-21-15(22-4-6-26-7-5-22)20-23(16(21)25)10-14(24)19-9-11-2-3-12(17)13(18)8-11/h2-3,8H,4-7,9-10H2,1H3,(H,19,24). The van der Waals surface area contributed by atoms with Gasteiger partial charge in [0.2, 0.25) is 11.9 Å². The fourth-order valence-electron chi connectivity index (χ4n) is 2.66. The first-order valence-corrected chi connectivity index (χ1v) is 8.50. The smallest absolute Gasteiger partial charge is 0.347 e. The molecule has 1 aromatic carbocycles. The number of rotatable bonds is 5. The maximum absolute atomic E-state index is 13.4. The minimum atomic E-state index is -0.547. The van der Waals surface area contributed by atoms with Gasteiger partial charge in [-0.1, -0.05) is 17.7 Å². The number of amides is 1. The second-order valence-electron chi connectivity index (χ2n) is 5.92. The van der Waals surface area contributed by atoms with Crippen molar-refractivity contribution in [2.75, 3.05) is 31.2 Å². The van der Waals surface area contributed by atoms with E-state index in [0.29, 0.717) is 37.8 Å². The number of aromatic nitrogens is 3. The maximum atomic E-state index is 13.4. The third-order valence-electron chi connectivity index (χ3n) is 4.08. The number of hydrogen-bond donors (Lipinski definition) is 1. The molecule has 2 aromatic rings. The molecule has 2 heterocycles. The molecule has 8 nitrogen and oxygen atoms in total. The molecule has 1 saturated heterocycles. The Kier molecular flexibility index (Phi) is 5.58. The van der Waals surface area contributed by atoms with Crippen molar-refractivity contribution in [1.29, 1.82) is 0 Å². The lowest BCUT2D eigenvalue weighted by Gasteiger charge is -2.26. The van der Waals surface area contributed by atoms with Crippen LogP contribution < -0.4 is 15.9 Å². The van der Waals surface area contributed by atoms with Crippen LogP contribution in [-0.4, -0.2) is 46.6 Å². The van der Waals surface area contributed by atoms with Crippen molar-refractivity contribution in [3.8, 4) is 0 Å². The van der Waals surface area contributed by atoms with Crippen LogP contribution in [0.5, 0.6) is 0 Å². The zero-order valence-electron chi connectivity index (χ0n) is 14.2. The van der Waals surface area contributed by atoms with Crippen LogP contribution in [0.25, 0.3) is 0 Å². The Balaban J connectivity index is 1.63. The van der Waals surface area contributed by atoms with E-state index in [0.717, 1.165) is 4.68 Å². The number of halogens is 2. The normalized spacial score (nSPS) is 14.5. The van der Waals surface area contributed by atoms with Crippen molar-refractivity contribution < 1.29 is 13.9 Å². The number of benzene rings is 1. The van der Waals surface area contributed by atoms with E-state index in [4.69, 9.17) is 16.3 Å². The fourth-order valence-corrected chi connectivity index (χ4v) is 2.78. The van der Waals surface area contributed by atoms with Crippen LogP contribution in [0.3, 0.4) is 0 Å². The van der Waals surface area contributed by atoms with Crippen LogP contribution in [0.1, 0.15) is 5.56 Å². The molecule has 1 aliphatic rings. The predicted octanol–water partition coefficient (Wildman–Crippen LogP) is 0.527. The molecule has 1 aromatic heterocycles. The molecule has 0 atom stereocenters. The number of hydrogen-bond acceptors (Lipinski definition) is 5. The topological polar surface area (TPSA) is 81.4 Å². The maximum Gasteiger partial charge on any atom is 0.347 e. The third-order valence-corrected chi connectivity index (χ3v) is 4.39. The number of nitrogens with zero attached hydrogens (tertiary/aromatic N) is 4. The highest BCUT2D eigenvalue weighted by Crippen LogP contribution is 2.15. The van der Waals surface area contributed by atoms with Crippen LogP contribution in [0.4, 0.5) is 10.3 Å². The van der Waals surface area contributed by atoms with Crippen molar-refractivity contribution in [3.63, 3.8) is 0 Å². The van der Waals surface area contributed by atoms with Crippen LogP contribution in [0, 0.1) is 5.82 Å². The van der Waals surface area contributed by atoms with E-state index < -0.39 is 11.7 Å². The van der Waals surface area contributed by atoms with Gasteiger partial charge in [0.05, 0.1) is 18.2 Å². The van der Waals surface area contributed by atoms with Gasteiger partial charge in [-0.15, -0.1) is 5.10 Å². The average Bonchev–Trinajstić information content (AvgIpc) is 2.92. The Bertz CT molecular complexity index is 860. The Hall–Kier alpha value is -2.39. The third kappa shape index (κ3) is 4.05. The van der Waals surface area contributed by atoms with Crippen molar-refractivity contribution in [2.45, 2.75) is 13.1 Å². The summed E-state index contributed by atoms with van der Waals surface area (Å²) in [5.41, 5.74) is 0.196. The summed E-state index contributed by atoms with van der Waals surface area (Å²) < 4.78 is 21.2. The predicted molar refractivity (Wildman–Crippen MR) is 93.8 cm³/mol. The largest absolute Gasteiger partial charge is 0.378 e. The van der Waals surface area contributed by atoms with E-state index in [9.17, 15) is 14.0 Å². The molecule has 1 aliphatic heterocycles. The highest BCUT2D eigenvalue weighted by Gasteiger charge is 2.20. The van der Waals surface area contributed by atoms with Crippen LogP contribution in [0.2, 0.25) is 5.02 Å². The molecule has 0 saturated carbocycles. The van der Waals surface area contributed by atoms with Gasteiger partial charge in [-0.25, -0.2) is 13.9 Å². The summed E-state index contributed by atoms with van der Waals surface area (Å²) in [6.45, 7) is 2.33. The van der Waals surface area contributed by atoms with Gasteiger partial charge in [-0.2, -0.15) is 0 Å². The Morgan fingerprint density at radius 3 is 2.81 bits per heavy atom. The number of morpholine rings is 1. The molecule has 3 rings (SSSR count). The van der Waals surface area contributed by atoms with E-state index in [-0.39, 0.29) is 23.8 Å². The lowest BCUT2D eigenvalue weighted by atomic mass is 10.2. The number of ether oxygens (including phenoxy) is 1. The molecule has 0 aliphatic carbocycles. The summed E-state index contributed by atoms with van der Waals surface area (Å²) in [7, 11) is 1.62. The Morgan fingerprint density at radius 1 is 1.38 bits per heavy atom. The quantitative estimate of drug-likeness (QED) is 0.814. The average molecular weight is 384 g/mol. The van der Waals surface area contributed by atoms with Crippen LogP contribution >= 0.6 is 11.6 Å². The van der Waals surface area contributed by atoms with Crippen molar-refractivity contribution in [1.82, 2.24) is 19.7 Å². The first kappa shape index (κ1) is 18.4. The molecule has 1 fully saturated rings. The first-order chi connectivity index (χ1) is 12.5. The molecule has 0 unspecified atom stereocenters. The molecule has 0 spiro atoms. The van der Waals surface area contributed by atoms with Crippen molar-refractivity contribution in [2.24, 2.45) is 7.05 Å². The van der Waals surface area contributed by atoms with Gasteiger partial charge in [0.25, 0.3) is 0 Å². The number of carbonyl (C=O) groups excluding carboxylic acids is 1. The van der Waals surface area contributed by atoms with Gasteiger partial charge in [-0.05, 0) is 17.7 Å². The Morgan fingerprint density at radius 2 is 2.12 bits per heavy atom. The van der Waals surface area contributed by atoms with Crippen molar-refractivity contribution >= 4 is 23.5 Å². The van der Waals surface area contributed by atoms with E-state index in [1.54, 1.807) is 13.1 Å². The minimum absolute atomic E-state index is 0.0238. The van der Waals surface area contributed by atoms with E-state index in [1.807, 2.05) is 4.90 Å². The Labute approximate surface area is 154 Å². The van der Waals surface area contributed by atoms with Gasteiger partial charge in [0.15, 0.2) is 0 Å². The molecule has 1 N–H and O–H groups in total. The van der Waals surface area contributed by atoms with Gasteiger partial charge in [0, 0.05) is 26.7 Å². The van der Waals surface area contributed by atoms with E-state index in [1.165, 1.54) is 16.7 Å². The van der Waals surface area contributed by atoms with Crippen LogP contribution in [0.15, 0.2) is 23.0 Å². The van der Waals surface area contributed by atoms with Crippen LogP contribution in [-0.2, 0) is 29.7 Å². The molecule has 10 heteroatoms. The molecular weight excluding hydrogens is 365 g/mol. The number of anilines is 1. The van der Waals surface area contributed by atoms with Crippen molar-refractivity contribution in [3.05, 3.63) is 45.1 Å².